The third-order valence-corrected chi connectivity index (χ3v) is 5.18. The van der Waals surface area contributed by atoms with Crippen molar-refractivity contribution in [1.82, 2.24) is 5.32 Å². The molecule has 0 aliphatic carbocycles. The monoisotopic (exact) mass is 433 g/mol. The second kappa shape index (κ2) is 14.4. The van der Waals surface area contributed by atoms with Crippen molar-refractivity contribution in [3.05, 3.63) is 69.9 Å². The van der Waals surface area contributed by atoms with Gasteiger partial charge in [-0.15, -0.1) is 0 Å². The Morgan fingerprint density at radius 3 is 2.34 bits per heavy atom. The van der Waals surface area contributed by atoms with E-state index in [1.807, 2.05) is 71.1 Å². The molecule has 2 aromatic carbocycles. The number of aryl methyl sites for hydroxylation is 2. The maximum atomic E-state index is 11.5. The number of benzene rings is 2. The van der Waals surface area contributed by atoms with Gasteiger partial charge >= 0.3 is 0 Å². The van der Waals surface area contributed by atoms with Gasteiger partial charge in [-0.25, -0.2) is 4.21 Å². The largest absolute Gasteiger partial charge is 0.394 e. The fourth-order valence-corrected chi connectivity index (χ4v) is 3.50. The molecule has 0 fully saturated rings. The zero-order chi connectivity index (χ0) is 22.4. The highest BCUT2D eigenvalue weighted by molar-refractivity contribution is 7.85. The molecule has 156 valence electrons. The lowest BCUT2D eigenvalue weighted by Gasteiger charge is -2.21. The third-order valence-electron chi connectivity index (χ3n) is 3.87. The molecule has 0 saturated heterocycles. The predicted molar refractivity (Wildman–Crippen MR) is 124 cm³/mol. The van der Waals surface area contributed by atoms with Gasteiger partial charge in [0.15, 0.2) is 0 Å². The molecule has 0 amide bonds. The van der Waals surface area contributed by atoms with E-state index in [2.05, 4.69) is 11.4 Å². The van der Waals surface area contributed by atoms with E-state index in [-0.39, 0.29) is 0 Å². The number of rotatable bonds is 5. The molecule has 0 heterocycles. The number of carbonyl (C=O) groups excluding carboxylic acids is 1. The lowest BCUT2D eigenvalue weighted by atomic mass is 10.1. The molecule has 0 radical (unpaired) electrons. The summed E-state index contributed by atoms with van der Waals surface area (Å²) >= 11 is 5.81. The zero-order valence-corrected chi connectivity index (χ0v) is 19.1. The van der Waals surface area contributed by atoms with E-state index in [1.165, 1.54) is 11.1 Å². The van der Waals surface area contributed by atoms with E-state index in [1.54, 1.807) is 22.7 Å². The Labute approximate surface area is 181 Å². The normalized spacial score (nSPS) is 10.7. The van der Waals surface area contributed by atoms with E-state index in [9.17, 15) is 4.21 Å². The number of halogens is 1. The standard InChI is InChI=1S/C11H14N2OS.C10H12ClN.CH2O/c1-4-13(15(3)14)11-7-10(8-12)6-5-9(11)2;1-8-7-10(11)4-3-9(8)5-6-12-2;1-2/h5-7H,4H2,1-3H3;3-7,12H,1-2H3;1H2/b;6-5-;. The number of nitrogens with zero attached hydrogens (tertiary/aromatic N) is 2. The van der Waals surface area contributed by atoms with Crippen LogP contribution in [0.1, 0.15) is 29.2 Å². The number of anilines is 1. The molecule has 0 bridgehead atoms. The van der Waals surface area contributed by atoms with Gasteiger partial charge in [0.2, 0.25) is 0 Å². The van der Waals surface area contributed by atoms with Gasteiger partial charge in [-0.05, 0) is 74.0 Å². The molecule has 2 rings (SSSR count). The zero-order valence-electron chi connectivity index (χ0n) is 17.5. The first-order valence-corrected chi connectivity index (χ1v) is 10.7. The fraction of sp³-hybridized carbons (Fsp3) is 0.273. The van der Waals surface area contributed by atoms with Crippen LogP contribution in [0.5, 0.6) is 0 Å². The van der Waals surface area contributed by atoms with Gasteiger partial charge in [0.1, 0.15) is 17.8 Å². The van der Waals surface area contributed by atoms with Crippen molar-refractivity contribution in [2.75, 3.05) is 24.2 Å². The molecule has 0 aromatic heterocycles. The smallest absolute Gasteiger partial charge is 0.116 e. The molecule has 0 aliphatic rings. The molecule has 1 atom stereocenters. The Kier molecular flexibility index (Phi) is 13.1. The Morgan fingerprint density at radius 2 is 1.86 bits per heavy atom. The number of nitrogens with one attached hydrogen (secondary N) is 1. The van der Waals surface area contributed by atoms with Crippen molar-refractivity contribution < 1.29 is 9.00 Å². The van der Waals surface area contributed by atoms with Gasteiger partial charge in [-0.1, -0.05) is 23.7 Å². The molecule has 0 aliphatic heterocycles. The number of hydrogen-bond donors (Lipinski definition) is 1. The van der Waals surface area contributed by atoms with Crippen LogP contribution in [0.25, 0.3) is 6.08 Å². The summed E-state index contributed by atoms with van der Waals surface area (Å²) in [4.78, 5) is 8.00. The van der Waals surface area contributed by atoms with Crippen molar-refractivity contribution in [2.24, 2.45) is 0 Å². The van der Waals surface area contributed by atoms with Gasteiger partial charge in [-0.3, -0.25) is 4.31 Å². The molecule has 2 aromatic rings. The van der Waals surface area contributed by atoms with E-state index in [0.717, 1.165) is 16.3 Å². The van der Waals surface area contributed by atoms with Crippen molar-refractivity contribution in [3.8, 4) is 6.07 Å². The van der Waals surface area contributed by atoms with E-state index < -0.39 is 11.0 Å². The summed E-state index contributed by atoms with van der Waals surface area (Å²) < 4.78 is 13.3. The molecule has 1 N–H and O–H groups in total. The quantitative estimate of drug-likeness (QED) is 0.745. The SMILES string of the molecule is C=O.CCN(c1cc(C#N)ccc1C)S(C)=O.CN/C=C\c1ccc(Cl)cc1C. The van der Waals surface area contributed by atoms with Crippen LogP contribution in [-0.2, 0) is 15.8 Å². The van der Waals surface area contributed by atoms with Gasteiger partial charge in [-0.2, -0.15) is 5.26 Å². The van der Waals surface area contributed by atoms with Crippen molar-refractivity contribution in [3.63, 3.8) is 0 Å². The minimum absolute atomic E-state index is 0.597. The van der Waals surface area contributed by atoms with Crippen LogP contribution in [0.15, 0.2) is 42.6 Å². The number of nitriles is 1. The average Bonchev–Trinajstić information content (AvgIpc) is 2.71. The minimum atomic E-state index is -1.05. The van der Waals surface area contributed by atoms with Crippen molar-refractivity contribution in [2.45, 2.75) is 20.8 Å². The van der Waals surface area contributed by atoms with Crippen LogP contribution in [0.3, 0.4) is 0 Å². The molecule has 1 unspecified atom stereocenters. The van der Waals surface area contributed by atoms with Crippen LogP contribution < -0.4 is 9.62 Å². The van der Waals surface area contributed by atoms with Crippen LogP contribution in [0.2, 0.25) is 5.02 Å². The Morgan fingerprint density at radius 1 is 1.21 bits per heavy atom. The number of carbonyl (C=O) groups is 1. The second-order valence-electron chi connectivity index (χ2n) is 5.85. The van der Waals surface area contributed by atoms with Gasteiger partial charge < -0.3 is 10.1 Å². The fourth-order valence-electron chi connectivity index (χ4n) is 2.44. The van der Waals surface area contributed by atoms with Crippen LogP contribution in [0.4, 0.5) is 5.69 Å². The molecular formula is C22H28ClN3O2S. The number of hydrogen-bond acceptors (Lipinski definition) is 4. The summed E-state index contributed by atoms with van der Waals surface area (Å²) in [7, 11) is 0.826. The summed E-state index contributed by atoms with van der Waals surface area (Å²) in [6, 6.07) is 13.4. The summed E-state index contributed by atoms with van der Waals surface area (Å²) in [6.07, 6.45) is 5.56. The first-order chi connectivity index (χ1) is 13.8. The molecule has 5 nitrogen and oxygen atoms in total. The van der Waals surface area contributed by atoms with Gasteiger partial charge in [0.25, 0.3) is 0 Å². The third kappa shape index (κ3) is 8.95. The second-order valence-corrected chi connectivity index (χ2v) is 7.58. The van der Waals surface area contributed by atoms with Crippen LogP contribution in [-0.4, -0.2) is 30.8 Å². The first kappa shape index (κ1) is 26.4. The van der Waals surface area contributed by atoms with Crippen LogP contribution >= 0.6 is 11.6 Å². The molecule has 7 heteroatoms. The lowest BCUT2D eigenvalue weighted by molar-refractivity contribution is -0.0979. The van der Waals surface area contributed by atoms with Gasteiger partial charge in [0.05, 0.1) is 17.3 Å². The highest BCUT2D eigenvalue weighted by Crippen LogP contribution is 2.22. The summed E-state index contributed by atoms with van der Waals surface area (Å²) in [5.74, 6) is 0. The minimum Gasteiger partial charge on any atom is -0.394 e. The van der Waals surface area contributed by atoms with E-state index >= 15 is 0 Å². The van der Waals surface area contributed by atoms with Crippen molar-refractivity contribution >= 4 is 41.1 Å². The maximum Gasteiger partial charge on any atom is 0.116 e. The molecule has 29 heavy (non-hydrogen) atoms. The van der Waals surface area contributed by atoms with E-state index in [0.29, 0.717) is 12.1 Å². The molecule has 0 saturated carbocycles. The van der Waals surface area contributed by atoms with Crippen molar-refractivity contribution in [1.29, 1.82) is 5.26 Å². The highest BCUT2D eigenvalue weighted by Gasteiger charge is 2.11. The Balaban J connectivity index is 0.000000508. The molecular weight excluding hydrogens is 406 g/mol. The topological polar surface area (TPSA) is 73.2 Å². The lowest BCUT2D eigenvalue weighted by Crippen LogP contribution is -2.25. The summed E-state index contributed by atoms with van der Waals surface area (Å²) in [6.45, 7) is 8.60. The molecule has 0 spiro atoms. The first-order valence-electron chi connectivity index (χ1n) is 8.84. The highest BCUT2D eigenvalue weighted by atomic mass is 35.5. The summed E-state index contributed by atoms with van der Waals surface area (Å²) in [5.41, 5.74) is 4.88. The maximum absolute atomic E-state index is 11.5. The van der Waals surface area contributed by atoms with E-state index in [4.69, 9.17) is 21.7 Å². The summed E-state index contributed by atoms with van der Waals surface area (Å²) in [5, 5.41) is 12.5. The van der Waals surface area contributed by atoms with Crippen LogP contribution in [0, 0.1) is 25.2 Å². The Bertz CT molecular complexity index is 879. The Hall–Kier alpha value is -2.62. The average molecular weight is 434 g/mol. The van der Waals surface area contributed by atoms with Gasteiger partial charge in [0, 0.05) is 24.9 Å². The predicted octanol–water partition coefficient (Wildman–Crippen LogP) is 4.64.